The third-order valence-corrected chi connectivity index (χ3v) is 5.67. The molecule has 134 valence electrons. The van der Waals surface area contributed by atoms with Crippen molar-refractivity contribution < 1.29 is 9.18 Å². The van der Waals surface area contributed by atoms with Crippen molar-refractivity contribution >= 4 is 17.7 Å². The van der Waals surface area contributed by atoms with Gasteiger partial charge in [0.2, 0.25) is 5.91 Å². The molecule has 0 spiro atoms. The topological polar surface area (TPSA) is 38.1 Å². The fourth-order valence-electron chi connectivity index (χ4n) is 3.24. The number of hydrogen-bond acceptors (Lipinski definition) is 3. The van der Waals surface area contributed by atoms with Gasteiger partial charge in [-0.15, -0.1) is 11.8 Å². The summed E-state index contributed by atoms with van der Waals surface area (Å²) in [7, 11) is 0. The van der Waals surface area contributed by atoms with Gasteiger partial charge < -0.3 is 4.90 Å². The first kappa shape index (κ1) is 18.0. The Morgan fingerprint density at radius 3 is 2.52 bits per heavy atom. The summed E-state index contributed by atoms with van der Waals surface area (Å²) in [6.07, 6.45) is 2.04. The van der Waals surface area contributed by atoms with Crippen LogP contribution in [0.5, 0.6) is 0 Å². The minimum Gasteiger partial charge on any atom is -0.342 e. The number of rotatable bonds is 5. The molecule has 0 bridgehead atoms. The second-order valence-corrected chi connectivity index (χ2v) is 7.72. The van der Waals surface area contributed by atoms with Crippen LogP contribution in [0.25, 0.3) is 0 Å². The average molecular weight is 361 g/mol. The van der Waals surface area contributed by atoms with Crippen molar-refractivity contribution in [3.8, 4) is 0 Å². The Labute approximate surface area is 152 Å². The Balaban J connectivity index is 1.44. The molecule has 2 aromatic rings. The zero-order valence-electron chi connectivity index (χ0n) is 14.7. The molecule has 4 nitrogen and oxygen atoms in total. The Bertz CT molecular complexity index is 721. The second kappa shape index (κ2) is 8.04. The van der Waals surface area contributed by atoms with Crippen molar-refractivity contribution in [3.63, 3.8) is 0 Å². The number of likely N-dealkylation sites (tertiary alicyclic amines) is 1. The molecule has 1 saturated heterocycles. The highest BCUT2D eigenvalue weighted by atomic mass is 32.2. The second-order valence-electron chi connectivity index (χ2n) is 6.68. The number of hydrogen-bond donors (Lipinski definition) is 0. The maximum absolute atomic E-state index is 12.9. The highest BCUT2D eigenvalue weighted by molar-refractivity contribution is 8.00. The van der Waals surface area contributed by atoms with Crippen molar-refractivity contribution in [3.05, 3.63) is 47.5 Å². The van der Waals surface area contributed by atoms with E-state index in [1.54, 1.807) is 12.1 Å². The number of piperidine rings is 1. The molecular weight excluding hydrogens is 337 g/mol. The third-order valence-electron chi connectivity index (χ3n) is 4.68. The number of carbonyl (C=O) groups is 1. The summed E-state index contributed by atoms with van der Waals surface area (Å²) in [4.78, 5) is 15.3. The van der Waals surface area contributed by atoms with E-state index < -0.39 is 0 Å². The molecule has 0 saturated carbocycles. The summed E-state index contributed by atoms with van der Waals surface area (Å²) in [5.41, 5.74) is 2.26. The van der Waals surface area contributed by atoms with Gasteiger partial charge in [-0.05, 0) is 62.9 Å². The van der Waals surface area contributed by atoms with Gasteiger partial charge in [0.1, 0.15) is 5.82 Å². The van der Waals surface area contributed by atoms with Gasteiger partial charge in [0, 0.05) is 30.2 Å². The summed E-state index contributed by atoms with van der Waals surface area (Å²) < 4.78 is 15.0. The van der Waals surface area contributed by atoms with E-state index >= 15 is 0 Å². The molecule has 0 unspecified atom stereocenters. The summed E-state index contributed by atoms with van der Waals surface area (Å²) in [5.74, 6) is 0.902. The Morgan fingerprint density at radius 1 is 1.24 bits per heavy atom. The van der Waals surface area contributed by atoms with E-state index in [-0.39, 0.29) is 11.7 Å². The van der Waals surface area contributed by atoms with Gasteiger partial charge in [-0.3, -0.25) is 9.48 Å². The van der Waals surface area contributed by atoms with Crippen molar-refractivity contribution in [1.82, 2.24) is 14.7 Å². The van der Waals surface area contributed by atoms with E-state index in [9.17, 15) is 9.18 Å². The lowest BCUT2D eigenvalue weighted by Gasteiger charge is -2.32. The molecule has 0 N–H and O–H groups in total. The van der Waals surface area contributed by atoms with Crippen molar-refractivity contribution in [2.24, 2.45) is 5.92 Å². The maximum Gasteiger partial charge on any atom is 0.232 e. The van der Waals surface area contributed by atoms with Crippen LogP contribution >= 0.6 is 11.8 Å². The number of amides is 1. The molecule has 2 heterocycles. The van der Waals surface area contributed by atoms with Crippen LogP contribution in [0, 0.1) is 25.6 Å². The van der Waals surface area contributed by atoms with Gasteiger partial charge >= 0.3 is 0 Å². The van der Waals surface area contributed by atoms with Crippen molar-refractivity contribution in [2.75, 3.05) is 18.8 Å². The molecule has 3 rings (SSSR count). The first-order valence-corrected chi connectivity index (χ1v) is 9.67. The molecule has 0 radical (unpaired) electrons. The lowest BCUT2D eigenvalue weighted by Crippen LogP contribution is -2.40. The molecular formula is C19H24FN3OS. The number of halogens is 1. The summed E-state index contributed by atoms with van der Waals surface area (Å²) in [5, 5.41) is 4.53. The standard InChI is InChI=1S/C19H24FN3OS/c1-14-11-15(2)23(21-14)12-16-7-9-22(10-8-16)19(24)13-25-18-5-3-17(20)4-6-18/h3-6,11,16H,7-10,12-13H2,1-2H3. The van der Waals surface area contributed by atoms with E-state index in [4.69, 9.17) is 0 Å². The fraction of sp³-hybridized carbons (Fsp3) is 0.474. The molecule has 6 heteroatoms. The van der Waals surface area contributed by atoms with Gasteiger partial charge in [-0.2, -0.15) is 5.10 Å². The normalized spacial score (nSPS) is 15.6. The summed E-state index contributed by atoms with van der Waals surface area (Å²) >= 11 is 1.47. The molecule has 1 aromatic carbocycles. The number of aryl methyl sites for hydroxylation is 2. The van der Waals surface area contributed by atoms with Crippen LogP contribution in [0.2, 0.25) is 0 Å². The lowest BCUT2D eigenvalue weighted by atomic mass is 9.97. The molecule has 1 fully saturated rings. The number of nitrogens with zero attached hydrogens (tertiary/aromatic N) is 3. The Morgan fingerprint density at radius 2 is 1.92 bits per heavy atom. The number of aromatic nitrogens is 2. The highest BCUT2D eigenvalue weighted by Gasteiger charge is 2.23. The van der Waals surface area contributed by atoms with Crippen LogP contribution in [-0.4, -0.2) is 39.4 Å². The monoisotopic (exact) mass is 361 g/mol. The summed E-state index contributed by atoms with van der Waals surface area (Å²) in [6.45, 7) is 6.67. The molecule has 1 aliphatic rings. The predicted molar refractivity (Wildman–Crippen MR) is 98.1 cm³/mol. The quantitative estimate of drug-likeness (QED) is 0.763. The van der Waals surface area contributed by atoms with Crippen LogP contribution in [0.3, 0.4) is 0 Å². The van der Waals surface area contributed by atoms with Crippen LogP contribution in [0.1, 0.15) is 24.2 Å². The van der Waals surface area contributed by atoms with Crippen LogP contribution in [0.15, 0.2) is 35.2 Å². The Hall–Kier alpha value is -1.82. The SMILES string of the molecule is Cc1cc(C)n(CC2CCN(C(=O)CSc3ccc(F)cc3)CC2)n1. The number of carbonyl (C=O) groups excluding carboxylic acids is 1. The third kappa shape index (κ3) is 4.84. The van der Waals surface area contributed by atoms with Crippen molar-refractivity contribution in [1.29, 1.82) is 0 Å². The van der Waals surface area contributed by atoms with E-state index in [2.05, 4.69) is 22.8 Å². The van der Waals surface area contributed by atoms with Gasteiger partial charge in [-0.1, -0.05) is 0 Å². The van der Waals surface area contributed by atoms with E-state index in [1.165, 1.54) is 29.6 Å². The van der Waals surface area contributed by atoms with Crippen LogP contribution < -0.4 is 0 Å². The smallest absolute Gasteiger partial charge is 0.232 e. The van der Waals surface area contributed by atoms with E-state index in [0.29, 0.717) is 11.7 Å². The van der Waals surface area contributed by atoms with Gasteiger partial charge in [-0.25, -0.2) is 4.39 Å². The average Bonchev–Trinajstić information content (AvgIpc) is 2.92. The first-order valence-electron chi connectivity index (χ1n) is 8.68. The number of thioether (sulfide) groups is 1. The van der Waals surface area contributed by atoms with Crippen molar-refractivity contribution in [2.45, 2.75) is 38.1 Å². The zero-order chi connectivity index (χ0) is 17.8. The molecule has 1 aliphatic heterocycles. The number of benzene rings is 1. The molecule has 0 atom stereocenters. The maximum atomic E-state index is 12.9. The van der Waals surface area contributed by atoms with E-state index in [0.717, 1.165) is 43.1 Å². The minimum atomic E-state index is -0.250. The van der Waals surface area contributed by atoms with Gasteiger partial charge in [0.15, 0.2) is 0 Å². The lowest BCUT2D eigenvalue weighted by molar-refractivity contribution is -0.129. The largest absolute Gasteiger partial charge is 0.342 e. The predicted octanol–water partition coefficient (Wildman–Crippen LogP) is 3.67. The summed E-state index contributed by atoms with van der Waals surface area (Å²) in [6, 6.07) is 8.39. The van der Waals surface area contributed by atoms with Gasteiger partial charge in [0.25, 0.3) is 0 Å². The fourth-order valence-corrected chi connectivity index (χ4v) is 4.04. The minimum absolute atomic E-state index is 0.166. The highest BCUT2D eigenvalue weighted by Crippen LogP contribution is 2.23. The zero-order valence-corrected chi connectivity index (χ0v) is 15.6. The van der Waals surface area contributed by atoms with E-state index in [1.807, 2.05) is 11.8 Å². The first-order chi connectivity index (χ1) is 12.0. The van der Waals surface area contributed by atoms with Crippen LogP contribution in [-0.2, 0) is 11.3 Å². The molecule has 1 aromatic heterocycles. The molecule has 1 amide bonds. The van der Waals surface area contributed by atoms with Crippen LogP contribution in [0.4, 0.5) is 4.39 Å². The molecule has 25 heavy (non-hydrogen) atoms. The Kier molecular flexibility index (Phi) is 5.78. The molecule has 0 aliphatic carbocycles. The van der Waals surface area contributed by atoms with Gasteiger partial charge in [0.05, 0.1) is 11.4 Å².